The third-order valence-corrected chi connectivity index (χ3v) is 3.11. The highest BCUT2D eigenvalue weighted by Gasteiger charge is 2.16. The van der Waals surface area contributed by atoms with Gasteiger partial charge in [-0.15, -0.1) is 0 Å². The van der Waals surface area contributed by atoms with E-state index in [9.17, 15) is 4.39 Å². The van der Waals surface area contributed by atoms with Gasteiger partial charge in [0.25, 0.3) is 0 Å². The Morgan fingerprint density at radius 1 is 1.46 bits per heavy atom. The van der Waals surface area contributed by atoms with E-state index in [-0.39, 0.29) is 11.3 Å². The molecule has 0 amide bonds. The van der Waals surface area contributed by atoms with Gasteiger partial charge in [-0.05, 0) is 31.0 Å². The summed E-state index contributed by atoms with van der Waals surface area (Å²) in [5.41, 5.74) is 0.224. The molecule has 2 rings (SSSR count). The van der Waals surface area contributed by atoms with Gasteiger partial charge >= 0.3 is 0 Å². The Morgan fingerprint density at radius 3 is 3.08 bits per heavy atom. The van der Waals surface area contributed by atoms with Crippen LogP contribution in [-0.2, 0) is 4.74 Å². The summed E-state index contributed by atoms with van der Waals surface area (Å²) in [5.74, 6) is -0.178. The minimum Gasteiger partial charge on any atom is -0.367 e. The molecule has 3 heteroatoms. The Kier molecular flexibility index (Phi) is 2.86. The summed E-state index contributed by atoms with van der Waals surface area (Å²) in [7, 11) is 0. The standard InChI is InChI=1S/C10H11FOS/c11-8-3-1-4-9(7-8)13-10-5-2-6-12-10/h1,3-4,7,10H,2,5-6H2. The van der Waals surface area contributed by atoms with Crippen molar-refractivity contribution in [3.8, 4) is 0 Å². The third-order valence-electron chi connectivity index (χ3n) is 1.95. The van der Waals surface area contributed by atoms with Gasteiger partial charge in [0, 0.05) is 11.5 Å². The molecule has 1 aromatic rings. The number of benzene rings is 1. The van der Waals surface area contributed by atoms with Gasteiger partial charge in [0.05, 0.1) is 0 Å². The van der Waals surface area contributed by atoms with Crippen molar-refractivity contribution in [3.05, 3.63) is 30.1 Å². The summed E-state index contributed by atoms with van der Waals surface area (Å²) in [5, 5.41) is 0. The molecule has 1 saturated heterocycles. The first-order valence-electron chi connectivity index (χ1n) is 4.38. The van der Waals surface area contributed by atoms with E-state index in [1.54, 1.807) is 23.9 Å². The van der Waals surface area contributed by atoms with Crippen LogP contribution in [0.25, 0.3) is 0 Å². The molecule has 13 heavy (non-hydrogen) atoms. The molecule has 1 aliphatic heterocycles. The Morgan fingerprint density at radius 2 is 2.38 bits per heavy atom. The zero-order chi connectivity index (χ0) is 9.10. The molecule has 1 aromatic carbocycles. The Labute approximate surface area is 81.3 Å². The van der Waals surface area contributed by atoms with Gasteiger partial charge in [0.1, 0.15) is 11.3 Å². The lowest BCUT2D eigenvalue weighted by atomic mass is 10.3. The largest absolute Gasteiger partial charge is 0.367 e. The Hall–Kier alpha value is -0.540. The van der Waals surface area contributed by atoms with Crippen molar-refractivity contribution in [3.63, 3.8) is 0 Å². The fraction of sp³-hybridized carbons (Fsp3) is 0.400. The number of rotatable bonds is 2. The zero-order valence-electron chi connectivity index (χ0n) is 7.20. The predicted molar refractivity (Wildman–Crippen MR) is 51.2 cm³/mol. The number of hydrogen-bond acceptors (Lipinski definition) is 2. The molecule has 1 aliphatic rings. The van der Waals surface area contributed by atoms with Crippen molar-refractivity contribution in [1.82, 2.24) is 0 Å². The van der Waals surface area contributed by atoms with Crippen LogP contribution >= 0.6 is 11.8 Å². The first kappa shape index (κ1) is 9.03. The molecular weight excluding hydrogens is 187 g/mol. The van der Waals surface area contributed by atoms with Crippen LogP contribution < -0.4 is 0 Å². The Balaban J connectivity index is 2.00. The Bertz CT molecular complexity index is 284. The molecule has 0 radical (unpaired) electrons. The molecule has 1 nitrogen and oxygen atoms in total. The van der Waals surface area contributed by atoms with E-state index in [1.807, 2.05) is 6.07 Å². The lowest BCUT2D eigenvalue weighted by molar-refractivity contribution is 0.173. The summed E-state index contributed by atoms with van der Waals surface area (Å²) in [6.07, 6.45) is 2.19. The lowest BCUT2D eigenvalue weighted by Gasteiger charge is -2.07. The molecule has 0 saturated carbocycles. The quantitative estimate of drug-likeness (QED) is 0.722. The summed E-state index contributed by atoms with van der Waals surface area (Å²) in [6.45, 7) is 0.840. The molecule has 0 N–H and O–H groups in total. The highest BCUT2D eigenvalue weighted by Crippen LogP contribution is 2.30. The van der Waals surface area contributed by atoms with Crippen molar-refractivity contribution >= 4 is 11.8 Å². The first-order chi connectivity index (χ1) is 6.34. The second-order valence-electron chi connectivity index (χ2n) is 3.02. The molecule has 1 fully saturated rings. The SMILES string of the molecule is Fc1cccc(SC2CCCO2)c1. The molecule has 0 spiro atoms. The zero-order valence-corrected chi connectivity index (χ0v) is 8.02. The number of hydrogen-bond donors (Lipinski definition) is 0. The topological polar surface area (TPSA) is 9.23 Å². The molecule has 0 bridgehead atoms. The maximum Gasteiger partial charge on any atom is 0.124 e. The fourth-order valence-electron chi connectivity index (χ4n) is 1.33. The highest BCUT2D eigenvalue weighted by molar-refractivity contribution is 7.99. The van der Waals surface area contributed by atoms with Gasteiger partial charge in [0.15, 0.2) is 0 Å². The summed E-state index contributed by atoms with van der Waals surface area (Å²) >= 11 is 1.60. The predicted octanol–water partition coefficient (Wildman–Crippen LogP) is 3.05. The van der Waals surface area contributed by atoms with E-state index in [0.29, 0.717) is 0 Å². The van der Waals surface area contributed by atoms with E-state index in [4.69, 9.17) is 4.74 Å². The minimum absolute atomic E-state index is 0.178. The molecule has 1 atom stereocenters. The molecular formula is C10H11FOS. The van der Waals surface area contributed by atoms with Crippen LogP contribution in [0.2, 0.25) is 0 Å². The second-order valence-corrected chi connectivity index (χ2v) is 4.25. The monoisotopic (exact) mass is 198 g/mol. The van der Waals surface area contributed by atoms with Gasteiger partial charge in [-0.2, -0.15) is 0 Å². The second kappa shape index (κ2) is 4.11. The maximum absolute atomic E-state index is 12.8. The van der Waals surface area contributed by atoms with Crippen LogP contribution in [0.15, 0.2) is 29.2 Å². The lowest BCUT2D eigenvalue weighted by Crippen LogP contribution is -1.97. The van der Waals surface area contributed by atoms with E-state index in [1.165, 1.54) is 6.07 Å². The van der Waals surface area contributed by atoms with Crippen molar-refractivity contribution in [2.75, 3.05) is 6.61 Å². The van der Waals surface area contributed by atoms with Crippen LogP contribution in [0.4, 0.5) is 4.39 Å². The maximum atomic E-state index is 12.8. The normalized spacial score (nSPS) is 22.1. The average molecular weight is 198 g/mol. The third kappa shape index (κ3) is 2.45. The van der Waals surface area contributed by atoms with Crippen LogP contribution in [0.1, 0.15) is 12.8 Å². The summed E-state index contributed by atoms with van der Waals surface area (Å²) in [4.78, 5) is 0.951. The molecule has 0 aromatic heterocycles. The first-order valence-corrected chi connectivity index (χ1v) is 5.26. The molecule has 70 valence electrons. The fourth-order valence-corrected chi connectivity index (χ4v) is 2.42. The van der Waals surface area contributed by atoms with Crippen molar-refractivity contribution < 1.29 is 9.13 Å². The number of thioether (sulfide) groups is 1. The van der Waals surface area contributed by atoms with Crippen LogP contribution in [0, 0.1) is 5.82 Å². The van der Waals surface area contributed by atoms with Gasteiger partial charge in [-0.25, -0.2) is 4.39 Å². The van der Waals surface area contributed by atoms with Crippen LogP contribution in [0.5, 0.6) is 0 Å². The smallest absolute Gasteiger partial charge is 0.124 e. The van der Waals surface area contributed by atoms with Crippen molar-refractivity contribution in [1.29, 1.82) is 0 Å². The molecule has 1 unspecified atom stereocenters. The van der Waals surface area contributed by atoms with Crippen LogP contribution in [-0.4, -0.2) is 12.0 Å². The van der Waals surface area contributed by atoms with E-state index in [2.05, 4.69) is 0 Å². The highest BCUT2D eigenvalue weighted by atomic mass is 32.2. The summed E-state index contributed by atoms with van der Waals surface area (Å²) < 4.78 is 18.2. The number of ether oxygens (including phenoxy) is 1. The van der Waals surface area contributed by atoms with Crippen molar-refractivity contribution in [2.24, 2.45) is 0 Å². The van der Waals surface area contributed by atoms with E-state index < -0.39 is 0 Å². The summed E-state index contributed by atoms with van der Waals surface area (Å²) in [6, 6.07) is 6.65. The van der Waals surface area contributed by atoms with E-state index in [0.717, 1.165) is 24.3 Å². The van der Waals surface area contributed by atoms with Gasteiger partial charge < -0.3 is 4.74 Å². The van der Waals surface area contributed by atoms with Gasteiger partial charge in [-0.1, -0.05) is 17.8 Å². The van der Waals surface area contributed by atoms with Crippen LogP contribution in [0.3, 0.4) is 0 Å². The number of halogens is 1. The van der Waals surface area contributed by atoms with Gasteiger partial charge in [-0.3, -0.25) is 0 Å². The molecule has 1 heterocycles. The average Bonchev–Trinajstić information content (AvgIpc) is 2.57. The van der Waals surface area contributed by atoms with E-state index >= 15 is 0 Å². The molecule has 0 aliphatic carbocycles. The van der Waals surface area contributed by atoms with Gasteiger partial charge in [0.2, 0.25) is 0 Å². The van der Waals surface area contributed by atoms with Crippen molar-refractivity contribution in [2.45, 2.75) is 23.2 Å². The minimum atomic E-state index is -0.178.